The van der Waals surface area contributed by atoms with Gasteiger partial charge in [0.2, 0.25) is 10.0 Å². The van der Waals surface area contributed by atoms with Crippen LogP contribution in [-0.2, 0) is 10.0 Å². The van der Waals surface area contributed by atoms with Crippen LogP contribution in [0, 0.1) is 0 Å². The first-order chi connectivity index (χ1) is 7.79. The minimum absolute atomic E-state index is 0.583. The molecule has 1 fully saturated rings. The van der Waals surface area contributed by atoms with E-state index >= 15 is 0 Å². The molecule has 0 atom stereocenters. The van der Waals surface area contributed by atoms with Crippen molar-refractivity contribution in [3.8, 4) is 0 Å². The van der Waals surface area contributed by atoms with Gasteiger partial charge in [-0.1, -0.05) is 0 Å². The minimum Gasteiger partial charge on any atom is -0.329 e. The smallest absolute Gasteiger partial charge is 0.219 e. The van der Waals surface area contributed by atoms with E-state index < -0.39 is 14.8 Å². The molecular formula is C11H25N3O2S. The number of rotatable bonds is 3. The quantitative estimate of drug-likeness (QED) is 0.783. The summed E-state index contributed by atoms with van der Waals surface area (Å²) in [7, 11) is -3.19. The zero-order valence-electron chi connectivity index (χ0n) is 11.1. The second-order valence-corrected chi connectivity index (χ2v) is 8.19. The molecule has 2 N–H and O–H groups in total. The summed E-state index contributed by atoms with van der Waals surface area (Å²) in [6.07, 6.45) is 0.884. The van der Waals surface area contributed by atoms with Gasteiger partial charge in [-0.15, -0.1) is 0 Å². The van der Waals surface area contributed by atoms with Crippen molar-refractivity contribution in [1.29, 1.82) is 0 Å². The Morgan fingerprint density at radius 2 is 1.76 bits per heavy atom. The first-order valence-electron chi connectivity index (χ1n) is 6.21. The van der Waals surface area contributed by atoms with Crippen LogP contribution in [-0.4, -0.2) is 61.6 Å². The Morgan fingerprint density at radius 1 is 1.12 bits per heavy atom. The van der Waals surface area contributed by atoms with Gasteiger partial charge in [0.05, 0.1) is 4.75 Å². The van der Waals surface area contributed by atoms with Crippen molar-refractivity contribution in [3.05, 3.63) is 0 Å². The van der Waals surface area contributed by atoms with Gasteiger partial charge < -0.3 is 10.6 Å². The third-order valence-electron chi connectivity index (χ3n) is 3.11. The maximum Gasteiger partial charge on any atom is 0.219 e. The van der Waals surface area contributed by atoms with E-state index in [1.54, 1.807) is 25.1 Å². The molecule has 1 rings (SSSR count). The van der Waals surface area contributed by atoms with Crippen molar-refractivity contribution in [1.82, 2.24) is 9.21 Å². The average molecular weight is 263 g/mol. The molecule has 1 aliphatic rings. The molecule has 17 heavy (non-hydrogen) atoms. The highest BCUT2D eigenvalue weighted by molar-refractivity contribution is 7.90. The fraction of sp³-hybridized carbons (Fsp3) is 1.00. The Labute approximate surface area is 105 Å². The van der Waals surface area contributed by atoms with E-state index in [1.807, 2.05) is 0 Å². The Morgan fingerprint density at radius 3 is 2.29 bits per heavy atom. The van der Waals surface area contributed by atoms with Crippen LogP contribution in [0.5, 0.6) is 0 Å². The SMILES string of the molecule is CC(C)(C)S(=O)(=O)N1CCCN(CCN)CC1. The molecule has 6 heteroatoms. The largest absolute Gasteiger partial charge is 0.329 e. The zero-order chi connectivity index (χ0) is 13.1. The predicted octanol–water partition coefficient (Wildman–Crippen LogP) is 0.0811. The van der Waals surface area contributed by atoms with Gasteiger partial charge in [0.25, 0.3) is 0 Å². The molecule has 0 amide bonds. The predicted molar refractivity (Wildman–Crippen MR) is 70.4 cm³/mol. The van der Waals surface area contributed by atoms with Crippen molar-refractivity contribution in [3.63, 3.8) is 0 Å². The van der Waals surface area contributed by atoms with Gasteiger partial charge in [-0.25, -0.2) is 12.7 Å². The topological polar surface area (TPSA) is 66.6 Å². The van der Waals surface area contributed by atoms with Gasteiger partial charge in [0.1, 0.15) is 0 Å². The molecule has 0 aliphatic carbocycles. The Kier molecular flexibility index (Phi) is 4.95. The van der Waals surface area contributed by atoms with E-state index in [4.69, 9.17) is 5.73 Å². The molecule has 0 unspecified atom stereocenters. The van der Waals surface area contributed by atoms with E-state index in [-0.39, 0.29) is 0 Å². The summed E-state index contributed by atoms with van der Waals surface area (Å²) >= 11 is 0. The maximum atomic E-state index is 12.3. The first-order valence-corrected chi connectivity index (χ1v) is 7.65. The Bertz CT molecular complexity index is 335. The van der Waals surface area contributed by atoms with Crippen LogP contribution in [0.2, 0.25) is 0 Å². The number of sulfonamides is 1. The third kappa shape index (κ3) is 3.64. The number of nitrogens with two attached hydrogens (primary N) is 1. The van der Waals surface area contributed by atoms with Crippen LogP contribution in [0.4, 0.5) is 0 Å². The van der Waals surface area contributed by atoms with Crippen LogP contribution in [0.25, 0.3) is 0 Å². The molecule has 0 aromatic rings. The summed E-state index contributed by atoms with van der Waals surface area (Å²) in [6.45, 7) is 9.68. The van der Waals surface area contributed by atoms with Crippen molar-refractivity contribution in [2.45, 2.75) is 31.9 Å². The third-order valence-corrected chi connectivity index (χ3v) is 5.70. The van der Waals surface area contributed by atoms with E-state index in [2.05, 4.69) is 4.90 Å². The molecule has 0 aromatic heterocycles. The number of hydrogen-bond acceptors (Lipinski definition) is 4. The summed E-state index contributed by atoms with van der Waals surface area (Å²) in [5, 5.41) is 0. The molecule has 1 saturated heterocycles. The molecule has 5 nitrogen and oxygen atoms in total. The average Bonchev–Trinajstić information content (AvgIpc) is 2.42. The van der Waals surface area contributed by atoms with Crippen molar-refractivity contribution < 1.29 is 8.42 Å². The van der Waals surface area contributed by atoms with Crippen molar-refractivity contribution in [2.24, 2.45) is 5.73 Å². The summed E-state index contributed by atoms with van der Waals surface area (Å²) in [6, 6.07) is 0. The molecule has 1 heterocycles. The van der Waals surface area contributed by atoms with E-state index in [0.717, 1.165) is 26.1 Å². The molecular weight excluding hydrogens is 238 g/mol. The van der Waals surface area contributed by atoms with Gasteiger partial charge in [-0.05, 0) is 33.7 Å². The molecule has 0 saturated carbocycles. The zero-order valence-corrected chi connectivity index (χ0v) is 12.0. The highest BCUT2D eigenvalue weighted by Crippen LogP contribution is 2.21. The normalized spacial score (nSPS) is 21.4. The standard InChI is InChI=1S/C11H25N3O2S/c1-11(2,3)17(15,16)14-7-4-6-13(8-5-12)9-10-14/h4-10,12H2,1-3H3. The highest BCUT2D eigenvalue weighted by atomic mass is 32.2. The van der Waals surface area contributed by atoms with Crippen LogP contribution < -0.4 is 5.73 Å². The van der Waals surface area contributed by atoms with E-state index in [1.165, 1.54) is 0 Å². The fourth-order valence-electron chi connectivity index (χ4n) is 1.98. The molecule has 102 valence electrons. The first kappa shape index (κ1) is 14.9. The molecule has 0 bridgehead atoms. The van der Waals surface area contributed by atoms with Gasteiger partial charge in [0, 0.05) is 32.7 Å². The second-order valence-electron chi connectivity index (χ2n) is 5.50. The van der Waals surface area contributed by atoms with Gasteiger partial charge in [-0.3, -0.25) is 0 Å². The maximum absolute atomic E-state index is 12.3. The van der Waals surface area contributed by atoms with E-state index in [0.29, 0.717) is 19.6 Å². The molecule has 0 spiro atoms. The lowest BCUT2D eigenvalue weighted by Crippen LogP contribution is -2.44. The number of hydrogen-bond donors (Lipinski definition) is 1. The van der Waals surface area contributed by atoms with Crippen LogP contribution in [0.1, 0.15) is 27.2 Å². The lowest BCUT2D eigenvalue weighted by Gasteiger charge is -2.29. The van der Waals surface area contributed by atoms with Crippen molar-refractivity contribution >= 4 is 10.0 Å². The second kappa shape index (κ2) is 5.65. The van der Waals surface area contributed by atoms with E-state index in [9.17, 15) is 8.42 Å². The Hall–Kier alpha value is -0.170. The summed E-state index contributed by atoms with van der Waals surface area (Å²) in [4.78, 5) is 2.23. The molecule has 0 radical (unpaired) electrons. The van der Waals surface area contributed by atoms with Crippen LogP contribution in [0.3, 0.4) is 0 Å². The lowest BCUT2D eigenvalue weighted by molar-refractivity contribution is 0.293. The summed E-state index contributed by atoms with van der Waals surface area (Å²) in [5.41, 5.74) is 5.53. The van der Waals surface area contributed by atoms with Crippen LogP contribution in [0.15, 0.2) is 0 Å². The van der Waals surface area contributed by atoms with Crippen LogP contribution >= 0.6 is 0 Å². The Balaban J connectivity index is 2.69. The number of nitrogens with zero attached hydrogens (tertiary/aromatic N) is 2. The van der Waals surface area contributed by atoms with Gasteiger partial charge >= 0.3 is 0 Å². The van der Waals surface area contributed by atoms with Crippen molar-refractivity contribution in [2.75, 3.05) is 39.3 Å². The van der Waals surface area contributed by atoms with Gasteiger partial charge in [0.15, 0.2) is 0 Å². The van der Waals surface area contributed by atoms with Gasteiger partial charge in [-0.2, -0.15) is 0 Å². The highest BCUT2D eigenvalue weighted by Gasteiger charge is 2.35. The lowest BCUT2D eigenvalue weighted by atomic mass is 10.3. The molecule has 0 aromatic carbocycles. The summed E-state index contributed by atoms with van der Waals surface area (Å²) in [5.74, 6) is 0. The molecule has 1 aliphatic heterocycles. The summed E-state index contributed by atoms with van der Waals surface area (Å²) < 4.78 is 25.5. The monoisotopic (exact) mass is 263 g/mol. The minimum atomic E-state index is -3.19. The fourth-order valence-corrected chi connectivity index (χ4v) is 3.45.